The first kappa shape index (κ1) is 10.5. The van der Waals surface area contributed by atoms with E-state index in [1.54, 1.807) is 11.9 Å². The Morgan fingerprint density at radius 1 is 1.54 bits per heavy atom. The van der Waals surface area contributed by atoms with Gasteiger partial charge in [-0.15, -0.1) is 0 Å². The summed E-state index contributed by atoms with van der Waals surface area (Å²) in [5.41, 5.74) is 0. The lowest BCUT2D eigenvalue weighted by Crippen LogP contribution is -2.35. The number of hydrogen-bond acceptors (Lipinski definition) is 2. The molecule has 0 spiro atoms. The Labute approximate surface area is 79.7 Å². The van der Waals surface area contributed by atoms with Crippen LogP contribution in [0.25, 0.3) is 0 Å². The van der Waals surface area contributed by atoms with E-state index in [4.69, 9.17) is 5.11 Å². The zero-order valence-corrected chi connectivity index (χ0v) is 8.49. The van der Waals surface area contributed by atoms with E-state index in [0.717, 1.165) is 6.42 Å². The van der Waals surface area contributed by atoms with Gasteiger partial charge in [-0.25, -0.2) is 0 Å². The third kappa shape index (κ3) is 2.44. The first-order chi connectivity index (χ1) is 6.16. The summed E-state index contributed by atoms with van der Waals surface area (Å²) in [4.78, 5) is 13.4. The fraction of sp³-hybridized carbons (Fsp3) is 0.900. The molecule has 1 aliphatic carbocycles. The van der Waals surface area contributed by atoms with Crippen molar-refractivity contribution >= 4 is 5.91 Å². The Balaban J connectivity index is 2.46. The summed E-state index contributed by atoms with van der Waals surface area (Å²) in [7, 11) is 1.77. The van der Waals surface area contributed by atoms with E-state index in [0.29, 0.717) is 12.5 Å². The van der Waals surface area contributed by atoms with Crippen LogP contribution in [0.5, 0.6) is 0 Å². The third-order valence-corrected chi connectivity index (χ3v) is 2.99. The quantitative estimate of drug-likeness (QED) is 0.709. The second-order valence-corrected chi connectivity index (χ2v) is 4.00. The van der Waals surface area contributed by atoms with Gasteiger partial charge in [-0.05, 0) is 18.8 Å². The fourth-order valence-corrected chi connectivity index (χ4v) is 2.06. The smallest absolute Gasteiger partial charge is 0.225 e. The van der Waals surface area contributed by atoms with Crippen LogP contribution in [-0.2, 0) is 4.79 Å². The second-order valence-electron chi connectivity index (χ2n) is 4.00. The van der Waals surface area contributed by atoms with Crippen molar-refractivity contribution in [2.45, 2.75) is 26.2 Å². The van der Waals surface area contributed by atoms with Gasteiger partial charge in [0, 0.05) is 19.5 Å². The maximum Gasteiger partial charge on any atom is 0.225 e. The molecule has 0 aromatic rings. The van der Waals surface area contributed by atoms with E-state index in [1.807, 2.05) is 0 Å². The minimum atomic E-state index is 0.0589. The Hall–Kier alpha value is -0.570. The number of amides is 1. The molecule has 0 aromatic heterocycles. The molecular weight excluding hydrogens is 166 g/mol. The van der Waals surface area contributed by atoms with E-state index in [1.165, 1.54) is 12.8 Å². The maximum absolute atomic E-state index is 11.8. The van der Waals surface area contributed by atoms with E-state index in [9.17, 15) is 4.79 Å². The Morgan fingerprint density at radius 2 is 2.23 bits per heavy atom. The lowest BCUT2D eigenvalue weighted by molar-refractivity contribution is -0.135. The summed E-state index contributed by atoms with van der Waals surface area (Å²) in [5.74, 6) is 0.934. The van der Waals surface area contributed by atoms with Crippen LogP contribution in [0, 0.1) is 11.8 Å². The van der Waals surface area contributed by atoms with Crippen molar-refractivity contribution in [3.05, 3.63) is 0 Å². The van der Waals surface area contributed by atoms with Gasteiger partial charge in [-0.1, -0.05) is 13.3 Å². The number of nitrogens with zero attached hydrogens (tertiary/aromatic N) is 1. The predicted octanol–water partition coefficient (Wildman–Crippen LogP) is 0.873. The number of likely N-dealkylation sites (N-methyl/N-ethyl adjacent to an activating group) is 1. The third-order valence-electron chi connectivity index (χ3n) is 2.99. The number of carbonyl (C=O) groups is 1. The standard InChI is InChI=1S/C10H19NO2/c1-8-4-3-5-9(8)10(13)11(2)6-7-12/h8-9,12H,3-7H2,1-2H3. The van der Waals surface area contributed by atoms with Gasteiger partial charge in [-0.2, -0.15) is 0 Å². The molecule has 2 unspecified atom stereocenters. The summed E-state index contributed by atoms with van der Waals surface area (Å²) in [6, 6.07) is 0. The first-order valence-electron chi connectivity index (χ1n) is 5.02. The van der Waals surface area contributed by atoms with Crippen molar-refractivity contribution in [3.63, 3.8) is 0 Å². The lowest BCUT2D eigenvalue weighted by Gasteiger charge is -2.22. The summed E-state index contributed by atoms with van der Waals surface area (Å²) in [6.07, 6.45) is 3.36. The van der Waals surface area contributed by atoms with Crippen LogP contribution in [0.4, 0.5) is 0 Å². The van der Waals surface area contributed by atoms with Crippen LogP contribution >= 0.6 is 0 Å². The van der Waals surface area contributed by atoms with Gasteiger partial charge >= 0.3 is 0 Å². The molecule has 1 rings (SSSR count). The highest BCUT2D eigenvalue weighted by Crippen LogP contribution is 2.32. The van der Waals surface area contributed by atoms with Gasteiger partial charge in [0.15, 0.2) is 0 Å². The molecule has 3 nitrogen and oxygen atoms in total. The second kappa shape index (κ2) is 4.61. The topological polar surface area (TPSA) is 40.5 Å². The van der Waals surface area contributed by atoms with E-state index in [2.05, 4.69) is 6.92 Å². The van der Waals surface area contributed by atoms with E-state index >= 15 is 0 Å². The van der Waals surface area contributed by atoms with E-state index < -0.39 is 0 Å². The Kier molecular flexibility index (Phi) is 3.72. The molecule has 76 valence electrons. The SMILES string of the molecule is CC1CCCC1C(=O)N(C)CCO. The summed E-state index contributed by atoms with van der Waals surface area (Å²) in [6.45, 7) is 2.66. The molecule has 0 aromatic carbocycles. The summed E-state index contributed by atoms with van der Waals surface area (Å²) in [5, 5.41) is 8.70. The van der Waals surface area contributed by atoms with Crippen molar-refractivity contribution in [1.29, 1.82) is 0 Å². The number of rotatable bonds is 3. The molecular formula is C10H19NO2. The zero-order valence-electron chi connectivity index (χ0n) is 8.49. The number of hydrogen-bond donors (Lipinski definition) is 1. The van der Waals surface area contributed by atoms with Crippen molar-refractivity contribution in [3.8, 4) is 0 Å². The number of carbonyl (C=O) groups excluding carboxylic acids is 1. The van der Waals surface area contributed by atoms with E-state index in [-0.39, 0.29) is 18.4 Å². The Bertz CT molecular complexity index is 182. The largest absolute Gasteiger partial charge is 0.395 e. The molecule has 0 heterocycles. The molecule has 0 radical (unpaired) electrons. The summed E-state index contributed by atoms with van der Waals surface area (Å²) < 4.78 is 0. The van der Waals surface area contributed by atoms with Crippen LogP contribution in [0.2, 0.25) is 0 Å². The van der Waals surface area contributed by atoms with Crippen molar-refractivity contribution in [2.24, 2.45) is 11.8 Å². The normalized spacial score (nSPS) is 27.6. The maximum atomic E-state index is 11.8. The van der Waals surface area contributed by atoms with Gasteiger partial charge < -0.3 is 10.0 Å². The first-order valence-corrected chi connectivity index (χ1v) is 5.02. The average Bonchev–Trinajstić information content (AvgIpc) is 2.50. The van der Waals surface area contributed by atoms with Gasteiger partial charge in [0.05, 0.1) is 6.61 Å². The molecule has 0 aliphatic heterocycles. The minimum Gasteiger partial charge on any atom is -0.395 e. The molecule has 1 N–H and O–H groups in total. The van der Waals surface area contributed by atoms with Crippen molar-refractivity contribution < 1.29 is 9.90 Å². The molecule has 1 fully saturated rings. The minimum absolute atomic E-state index is 0.0589. The number of aliphatic hydroxyl groups is 1. The van der Waals surface area contributed by atoms with Gasteiger partial charge in [0.25, 0.3) is 0 Å². The molecule has 0 saturated heterocycles. The predicted molar refractivity (Wildman–Crippen MR) is 51.2 cm³/mol. The lowest BCUT2D eigenvalue weighted by atomic mass is 9.97. The molecule has 2 atom stereocenters. The highest BCUT2D eigenvalue weighted by Gasteiger charge is 2.31. The molecule has 1 saturated carbocycles. The van der Waals surface area contributed by atoms with Crippen molar-refractivity contribution in [2.75, 3.05) is 20.2 Å². The average molecular weight is 185 g/mol. The molecule has 3 heteroatoms. The van der Waals surface area contributed by atoms with Gasteiger partial charge in [-0.3, -0.25) is 4.79 Å². The highest BCUT2D eigenvalue weighted by atomic mass is 16.3. The molecule has 13 heavy (non-hydrogen) atoms. The van der Waals surface area contributed by atoms with Crippen molar-refractivity contribution in [1.82, 2.24) is 4.90 Å². The van der Waals surface area contributed by atoms with Crippen LogP contribution in [0.1, 0.15) is 26.2 Å². The summed E-state index contributed by atoms with van der Waals surface area (Å²) >= 11 is 0. The van der Waals surface area contributed by atoms with Crippen LogP contribution in [0.3, 0.4) is 0 Å². The van der Waals surface area contributed by atoms with Gasteiger partial charge in [0.2, 0.25) is 5.91 Å². The van der Waals surface area contributed by atoms with Crippen LogP contribution < -0.4 is 0 Å². The molecule has 1 aliphatic rings. The van der Waals surface area contributed by atoms with Gasteiger partial charge in [0.1, 0.15) is 0 Å². The monoisotopic (exact) mass is 185 g/mol. The molecule has 0 bridgehead atoms. The Morgan fingerprint density at radius 3 is 2.69 bits per heavy atom. The zero-order chi connectivity index (χ0) is 9.84. The number of aliphatic hydroxyl groups excluding tert-OH is 1. The highest BCUT2D eigenvalue weighted by molar-refractivity contribution is 5.79. The molecule has 1 amide bonds. The van der Waals surface area contributed by atoms with Crippen LogP contribution in [-0.4, -0.2) is 36.1 Å². The fourth-order valence-electron chi connectivity index (χ4n) is 2.06. The van der Waals surface area contributed by atoms with Crippen LogP contribution in [0.15, 0.2) is 0 Å².